The third-order valence-corrected chi connectivity index (χ3v) is 4.18. The third kappa shape index (κ3) is 3.67. The molecule has 1 unspecified atom stereocenters. The molecule has 1 saturated carbocycles. The van der Waals surface area contributed by atoms with Crippen LogP contribution in [0.1, 0.15) is 48.7 Å². The molecular weight excluding hydrogens is 338 g/mol. The van der Waals surface area contributed by atoms with E-state index in [1.807, 2.05) is 0 Å². The first kappa shape index (κ1) is 17.4. The largest absolute Gasteiger partial charge is 0.435 e. The zero-order chi connectivity index (χ0) is 18.4. The van der Waals surface area contributed by atoms with Crippen molar-refractivity contribution in [2.75, 3.05) is 5.32 Å². The van der Waals surface area contributed by atoms with Crippen molar-refractivity contribution >= 4 is 11.6 Å². The van der Waals surface area contributed by atoms with Crippen LogP contribution in [0.25, 0.3) is 0 Å². The number of benzene rings is 1. The highest BCUT2D eigenvalue weighted by Crippen LogP contribution is 2.43. The summed E-state index contributed by atoms with van der Waals surface area (Å²) < 4.78 is 53.7. The van der Waals surface area contributed by atoms with Gasteiger partial charge >= 0.3 is 6.18 Å². The van der Waals surface area contributed by atoms with E-state index in [9.17, 15) is 22.4 Å². The van der Waals surface area contributed by atoms with Crippen LogP contribution in [-0.4, -0.2) is 15.7 Å². The van der Waals surface area contributed by atoms with Crippen molar-refractivity contribution in [3.05, 3.63) is 47.0 Å². The molecule has 0 radical (unpaired) electrons. The molecule has 0 aliphatic heterocycles. The molecule has 1 aromatic heterocycles. The van der Waals surface area contributed by atoms with Gasteiger partial charge in [-0.3, -0.25) is 9.48 Å². The maximum atomic E-state index is 13.8. The van der Waals surface area contributed by atoms with Crippen LogP contribution in [0.5, 0.6) is 0 Å². The number of hydrogen-bond acceptors (Lipinski definition) is 2. The van der Waals surface area contributed by atoms with Crippen LogP contribution in [-0.2, 0) is 11.0 Å². The lowest BCUT2D eigenvalue weighted by molar-refractivity contribution is -0.141. The van der Waals surface area contributed by atoms with Gasteiger partial charge in [0.05, 0.1) is 5.69 Å². The molecule has 3 rings (SSSR count). The summed E-state index contributed by atoms with van der Waals surface area (Å²) in [4.78, 5) is 12.4. The number of nitrogens with zero attached hydrogens (tertiary/aromatic N) is 2. The minimum atomic E-state index is -4.58. The van der Waals surface area contributed by atoms with Gasteiger partial charge in [-0.05, 0) is 50.5 Å². The van der Waals surface area contributed by atoms with Gasteiger partial charge in [0, 0.05) is 11.6 Å². The Bertz CT molecular complexity index is 809. The van der Waals surface area contributed by atoms with Crippen LogP contribution < -0.4 is 5.32 Å². The fourth-order valence-electron chi connectivity index (χ4n) is 2.62. The first-order chi connectivity index (χ1) is 11.7. The number of aromatic nitrogens is 2. The summed E-state index contributed by atoms with van der Waals surface area (Å²) in [5.74, 6) is -1.25. The Kier molecular flexibility index (Phi) is 4.30. The van der Waals surface area contributed by atoms with Crippen molar-refractivity contribution < 1.29 is 22.4 Å². The maximum Gasteiger partial charge on any atom is 0.435 e. The number of aryl methyl sites for hydroxylation is 1. The Hall–Kier alpha value is -2.38. The first-order valence-electron chi connectivity index (χ1n) is 7.90. The second-order valence-electron chi connectivity index (χ2n) is 6.32. The fraction of sp³-hybridized carbons (Fsp3) is 0.412. The van der Waals surface area contributed by atoms with Gasteiger partial charge in [-0.15, -0.1) is 0 Å². The summed E-state index contributed by atoms with van der Waals surface area (Å²) in [6, 6.07) is 4.25. The molecule has 1 fully saturated rings. The molecule has 1 amide bonds. The molecule has 1 atom stereocenters. The Morgan fingerprint density at radius 1 is 1.32 bits per heavy atom. The first-order valence-corrected chi connectivity index (χ1v) is 7.90. The molecule has 0 saturated heterocycles. The lowest BCUT2D eigenvalue weighted by Gasteiger charge is -2.16. The molecule has 0 bridgehead atoms. The van der Waals surface area contributed by atoms with Gasteiger partial charge in [0.1, 0.15) is 11.9 Å². The van der Waals surface area contributed by atoms with Crippen molar-refractivity contribution in [1.82, 2.24) is 9.78 Å². The number of hydrogen-bond donors (Lipinski definition) is 1. The number of anilines is 1. The fourth-order valence-corrected chi connectivity index (χ4v) is 2.62. The normalized spacial score (nSPS) is 15.9. The van der Waals surface area contributed by atoms with Gasteiger partial charge in [-0.25, -0.2) is 4.39 Å². The topological polar surface area (TPSA) is 46.9 Å². The molecule has 1 heterocycles. The SMILES string of the molecule is Cc1ccc(F)c(NC(=O)C(C)n2nc(C(F)(F)F)cc2C2CC2)c1. The molecule has 0 spiro atoms. The minimum Gasteiger partial charge on any atom is -0.322 e. The number of rotatable bonds is 4. The van der Waals surface area contributed by atoms with Gasteiger partial charge in [-0.1, -0.05) is 6.07 Å². The Labute approximate surface area is 141 Å². The van der Waals surface area contributed by atoms with E-state index in [-0.39, 0.29) is 11.6 Å². The number of carbonyl (C=O) groups excluding carboxylic acids is 1. The van der Waals surface area contributed by atoms with E-state index in [0.717, 1.165) is 29.2 Å². The molecular formula is C17H17F4N3O. The van der Waals surface area contributed by atoms with Crippen LogP contribution in [0.3, 0.4) is 0 Å². The number of nitrogens with one attached hydrogen (secondary N) is 1. The van der Waals surface area contributed by atoms with Gasteiger partial charge in [0.25, 0.3) is 0 Å². The number of carbonyl (C=O) groups is 1. The van der Waals surface area contributed by atoms with Crippen LogP contribution in [0.15, 0.2) is 24.3 Å². The smallest absolute Gasteiger partial charge is 0.322 e. The minimum absolute atomic E-state index is 0.00646. The highest BCUT2D eigenvalue weighted by Gasteiger charge is 2.39. The van der Waals surface area contributed by atoms with E-state index < -0.39 is 29.6 Å². The highest BCUT2D eigenvalue weighted by molar-refractivity contribution is 5.93. The monoisotopic (exact) mass is 355 g/mol. The number of halogens is 4. The molecule has 1 N–H and O–H groups in total. The zero-order valence-electron chi connectivity index (χ0n) is 13.7. The summed E-state index contributed by atoms with van der Waals surface area (Å²) in [6.45, 7) is 3.19. The molecule has 2 aromatic rings. The molecule has 25 heavy (non-hydrogen) atoms. The van der Waals surface area contributed by atoms with E-state index in [1.165, 1.54) is 19.1 Å². The summed E-state index contributed by atoms with van der Waals surface area (Å²) >= 11 is 0. The average molecular weight is 355 g/mol. The Balaban J connectivity index is 1.87. The predicted molar refractivity (Wildman–Crippen MR) is 83.7 cm³/mol. The van der Waals surface area contributed by atoms with E-state index in [4.69, 9.17) is 0 Å². The van der Waals surface area contributed by atoms with Gasteiger partial charge in [0.2, 0.25) is 5.91 Å². The summed E-state index contributed by atoms with van der Waals surface area (Å²) in [7, 11) is 0. The molecule has 8 heteroatoms. The van der Waals surface area contributed by atoms with Crippen LogP contribution in [0, 0.1) is 12.7 Å². The Morgan fingerprint density at radius 3 is 2.60 bits per heavy atom. The molecule has 1 aliphatic rings. The van der Waals surface area contributed by atoms with E-state index in [1.54, 1.807) is 13.0 Å². The van der Waals surface area contributed by atoms with E-state index in [2.05, 4.69) is 10.4 Å². The van der Waals surface area contributed by atoms with Gasteiger partial charge in [0.15, 0.2) is 5.69 Å². The van der Waals surface area contributed by atoms with Crippen molar-refractivity contribution in [2.45, 2.75) is 44.8 Å². The molecule has 1 aromatic carbocycles. The quantitative estimate of drug-likeness (QED) is 0.825. The van der Waals surface area contributed by atoms with Gasteiger partial charge in [-0.2, -0.15) is 18.3 Å². The maximum absolute atomic E-state index is 13.8. The predicted octanol–water partition coefficient (Wildman–Crippen LogP) is 4.43. The lowest BCUT2D eigenvalue weighted by atomic mass is 10.2. The summed E-state index contributed by atoms with van der Waals surface area (Å²) in [5, 5.41) is 6.01. The zero-order valence-corrected chi connectivity index (χ0v) is 13.7. The van der Waals surface area contributed by atoms with E-state index in [0.29, 0.717) is 5.69 Å². The molecule has 134 valence electrons. The van der Waals surface area contributed by atoms with Crippen molar-refractivity contribution in [1.29, 1.82) is 0 Å². The van der Waals surface area contributed by atoms with Crippen molar-refractivity contribution in [2.24, 2.45) is 0 Å². The van der Waals surface area contributed by atoms with Crippen LogP contribution in [0.2, 0.25) is 0 Å². The third-order valence-electron chi connectivity index (χ3n) is 4.18. The summed E-state index contributed by atoms with van der Waals surface area (Å²) in [6.07, 6.45) is -3.04. The van der Waals surface area contributed by atoms with Crippen LogP contribution in [0.4, 0.5) is 23.2 Å². The van der Waals surface area contributed by atoms with Crippen molar-refractivity contribution in [3.8, 4) is 0 Å². The van der Waals surface area contributed by atoms with Crippen LogP contribution >= 0.6 is 0 Å². The number of alkyl halides is 3. The second kappa shape index (κ2) is 6.16. The highest BCUT2D eigenvalue weighted by atomic mass is 19.4. The Morgan fingerprint density at radius 2 is 2.00 bits per heavy atom. The van der Waals surface area contributed by atoms with E-state index >= 15 is 0 Å². The molecule has 4 nitrogen and oxygen atoms in total. The number of amides is 1. The average Bonchev–Trinajstić information content (AvgIpc) is 3.27. The van der Waals surface area contributed by atoms with Crippen molar-refractivity contribution in [3.63, 3.8) is 0 Å². The lowest BCUT2D eigenvalue weighted by Crippen LogP contribution is -2.26. The summed E-state index contributed by atoms with van der Waals surface area (Å²) in [5.41, 5.74) is 0.116. The second-order valence-corrected chi connectivity index (χ2v) is 6.32. The van der Waals surface area contributed by atoms with Gasteiger partial charge < -0.3 is 5.32 Å². The standard InChI is InChI=1S/C17H17F4N3O/c1-9-3-6-12(18)13(7-9)22-16(25)10(2)24-14(11-4-5-11)8-15(23-24)17(19,20)21/h3,6-8,10-11H,4-5H2,1-2H3,(H,22,25). The molecule has 1 aliphatic carbocycles.